The lowest BCUT2D eigenvalue weighted by atomic mass is 10.1. The molecule has 2 rings (SSSR count). The van der Waals surface area contributed by atoms with E-state index in [4.69, 9.17) is 4.74 Å². The van der Waals surface area contributed by atoms with E-state index in [9.17, 15) is 14.7 Å². The van der Waals surface area contributed by atoms with Gasteiger partial charge in [0.2, 0.25) is 0 Å². The first-order chi connectivity index (χ1) is 10.1. The first-order valence-corrected chi connectivity index (χ1v) is 6.25. The van der Waals surface area contributed by atoms with Gasteiger partial charge in [-0.25, -0.2) is 9.78 Å². The predicted octanol–water partition coefficient (Wildman–Crippen LogP) is 0.844. The normalized spacial score (nSPS) is 11.7. The number of carboxylic acid groups (broad SMARTS) is 1. The number of aliphatic carboxylic acids is 1. The minimum atomic E-state index is -1.12. The summed E-state index contributed by atoms with van der Waals surface area (Å²) in [5, 5.41) is 11.7. The van der Waals surface area contributed by atoms with E-state index >= 15 is 0 Å². The largest absolute Gasteiger partial charge is 0.496 e. The quantitative estimate of drug-likeness (QED) is 0.731. The van der Waals surface area contributed by atoms with Gasteiger partial charge in [0.15, 0.2) is 0 Å². The minimum absolute atomic E-state index is 0.121. The van der Waals surface area contributed by atoms with Crippen LogP contribution < -0.4 is 10.1 Å². The second kappa shape index (κ2) is 6.56. The van der Waals surface area contributed by atoms with E-state index in [0.717, 1.165) is 0 Å². The van der Waals surface area contributed by atoms with E-state index in [1.807, 2.05) is 0 Å². The zero-order valence-electron chi connectivity index (χ0n) is 11.4. The second-order valence-corrected chi connectivity index (χ2v) is 4.35. The lowest BCUT2D eigenvalue weighted by Gasteiger charge is -2.15. The van der Waals surface area contributed by atoms with E-state index in [1.54, 1.807) is 24.3 Å². The Kier molecular flexibility index (Phi) is 4.55. The Hall–Kier alpha value is -2.83. The van der Waals surface area contributed by atoms with Gasteiger partial charge in [0.05, 0.1) is 19.0 Å². The summed E-state index contributed by atoms with van der Waals surface area (Å²) in [5.41, 5.74) is 0.915. The van der Waals surface area contributed by atoms with Gasteiger partial charge in [-0.05, 0) is 12.1 Å². The number of methoxy groups -OCH3 is 1. The van der Waals surface area contributed by atoms with Gasteiger partial charge < -0.3 is 20.1 Å². The Bertz CT molecular complexity index is 625. The molecule has 1 atom stereocenters. The van der Waals surface area contributed by atoms with Gasteiger partial charge in [0, 0.05) is 18.3 Å². The molecule has 21 heavy (non-hydrogen) atoms. The summed E-state index contributed by atoms with van der Waals surface area (Å²) in [6.07, 6.45) is 3.09. The van der Waals surface area contributed by atoms with Crippen molar-refractivity contribution in [2.24, 2.45) is 0 Å². The molecule has 0 aliphatic carbocycles. The number of aromatic amines is 1. The molecule has 110 valence electrons. The summed E-state index contributed by atoms with van der Waals surface area (Å²) in [6.45, 7) is 0. The number of rotatable bonds is 6. The lowest BCUT2D eigenvalue weighted by Crippen LogP contribution is -2.42. The van der Waals surface area contributed by atoms with Crippen molar-refractivity contribution >= 4 is 11.9 Å². The van der Waals surface area contributed by atoms with Crippen LogP contribution in [-0.4, -0.2) is 40.1 Å². The molecule has 0 fully saturated rings. The smallest absolute Gasteiger partial charge is 0.326 e. The molecular weight excluding hydrogens is 274 g/mol. The van der Waals surface area contributed by atoms with Crippen molar-refractivity contribution in [1.29, 1.82) is 0 Å². The summed E-state index contributed by atoms with van der Waals surface area (Å²) < 4.78 is 5.09. The zero-order valence-corrected chi connectivity index (χ0v) is 11.4. The number of amides is 1. The molecule has 7 nitrogen and oxygen atoms in total. The van der Waals surface area contributed by atoms with Gasteiger partial charge in [-0.3, -0.25) is 4.79 Å². The Labute approximate surface area is 121 Å². The molecule has 1 aromatic carbocycles. The minimum Gasteiger partial charge on any atom is -0.496 e. The third-order valence-electron chi connectivity index (χ3n) is 2.93. The highest BCUT2D eigenvalue weighted by Gasteiger charge is 2.23. The maximum Gasteiger partial charge on any atom is 0.326 e. The number of nitrogens with one attached hydrogen (secondary N) is 2. The molecule has 0 saturated carbocycles. The number of carbonyl (C=O) groups is 2. The summed E-state index contributed by atoms with van der Waals surface area (Å²) in [4.78, 5) is 30.1. The van der Waals surface area contributed by atoms with Gasteiger partial charge in [-0.1, -0.05) is 12.1 Å². The van der Waals surface area contributed by atoms with Crippen molar-refractivity contribution < 1.29 is 19.4 Å². The van der Waals surface area contributed by atoms with E-state index in [-0.39, 0.29) is 12.0 Å². The molecule has 1 aromatic heterocycles. The van der Waals surface area contributed by atoms with Crippen LogP contribution in [0.2, 0.25) is 0 Å². The molecule has 0 spiro atoms. The van der Waals surface area contributed by atoms with E-state index in [2.05, 4.69) is 15.3 Å². The highest BCUT2D eigenvalue weighted by Crippen LogP contribution is 2.17. The Balaban J connectivity index is 2.13. The Morgan fingerprint density at radius 2 is 2.19 bits per heavy atom. The van der Waals surface area contributed by atoms with Crippen LogP contribution in [0.25, 0.3) is 0 Å². The van der Waals surface area contributed by atoms with E-state index < -0.39 is 17.9 Å². The molecule has 0 radical (unpaired) electrons. The predicted molar refractivity (Wildman–Crippen MR) is 74.2 cm³/mol. The maximum atomic E-state index is 12.2. The molecule has 1 heterocycles. The molecular formula is C14H15N3O4. The van der Waals surface area contributed by atoms with Crippen molar-refractivity contribution in [3.05, 3.63) is 48.0 Å². The average Bonchev–Trinajstić information content (AvgIpc) is 2.99. The fourth-order valence-corrected chi connectivity index (χ4v) is 1.88. The topological polar surface area (TPSA) is 104 Å². The first-order valence-electron chi connectivity index (χ1n) is 6.25. The van der Waals surface area contributed by atoms with Crippen LogP contribution in [0.4, 0.5) is 0 Å². The number of imidazole rings is 1. The highest BCUT2D eigenvalue weighted by molar-refractivity contribution is 5.98. The number of carbonyl (C=O) groups excluding carboxylic acids is 1. The number of ether oxygens (including phenoxy) is 1. The molecule has 3 N–H and O–H groups in total. The fourth-order valence-electron chi connectivity index (χ4n) is 1.88. The van der Waals surface area contributed by atoms with Gasteiger partial charge in [0.1, 0.15) is 11.8 Å². The number of H-pyrrole nitrogens is 1. The van der Waals surface area contributed by atoms with Gasteiger partial charge >= 0.3 is 5.97 Å². The van der Waals surface area contributed by atoms with Crippen LogP contribution >= 0.6 is 0 Å². The summed E-state index contributed by atoms with van der Waals surface area (Å²) in [5.74, 6) is -1.23. The number of carboxylic acids is 1. The molecule has 1 unspecified atom stereocenters. The molecule has 7 heteroatoms. The van der Waals surface area contributed by atoms with E-state index in [0.29, 0.717) is 11.4 Å². The van der Waals surface area contributed by atoms with E-state index in [1.165, 1.54) is 19.6 Å². The molecule has 1 amide bonds. The lowest BCUT2D eigenvalue weighted by molar-refractivity contribution is -0.139. The third kappa shape index (κ3) is 3.59. The van der Waals surface area contributed by atoms with Gasteiger partial charge in [-0.2, -0.15) is 0 Å². The standard InChI is InChI=1S/C14H15N3O4/c1-21-12-5-3-2-4-10(12)13(18)17-11(14(19)20)6-9-7-15-8-16-9/h2-5,7-8,11H,6H2,1H3,(H,15,16)(H,17,18)(H,19,20). The van der Waals surface area contributed by atoms with Crippen LogP contribution in [-0.2, 0) is 11.2 Å². The number of para-hydroxylation sites is 1. The summed E-state index contributed by atoms with van der Waals surface area (Å²) >= 11 is 0. The van der Waals surface area contributed by atoms with Crippen LogP contribution in [0.15, 0.2) is 36.8 Å². The Morgan fingerprint density at radius 3 is 2.81 bits per heavy atom. The molecule has 0 aliphatic rings. The first kappa shape index (κ1) is 14.6. The highest BCUT2D eigenvalue weighted by atomic mass is 16.5. The van der Waals surface area contributed by atoms with Crippen LogP contribution in [0, 0.1) is 0 Å². The van der Waals surface area contributed by atoms with Gasteiger partial charge in [0.25, 0.3) is 5.91 Å². The second-order valence-electron chi connectivity index (χ2n) is 4.35. The van der Waals surface area contributed by atoms with Crippen LogP contribution in [0.5, 0.6) is 5.75 Å². The number of aromatic nitrogens is 2. The maximum absolute atomic E-state index is 12.2. The average molecular weight is 289 g/mol. The number of hydrogen-bond donors (Lipinski definition) is 3. The zero-order chi connectivity index (χ0) is 15.2. The van der Waals surface area contributed by atoms with Crippen molar-refractivity contribution in [2.75, 3.05) is 7.11 Å². The fraction of sp³-hybridized carbons (Fsp3) is 0.214. The number of nitrogens with zero attached hydrogens (tertiary/aromatic N) is 1. The Morgan fingerprint density at radius 1 is 1.43 bits per heavy atom. The molecule has 0 bridgehead atoms. The SMILES string of the molecule is COc1ccccc1C(=O)NC(Cc1cnc[nH]1)C(=O)O. The third-order valence-corrected chi connectivity index (χ3v) is 2.93. The van der Waals surface area contributed by atoms with Crippen LogP contribution in [0.1, 0.15) is 16.1 Å². The van der Waals surface area contributed by atoms with Gasteiger partial charge in [-0.15, -0.1) is 0 Å². The van der Waals surface area contributed by atoms with Crippen molar-refractivity contribution in [1.82, 2.24) is 15.3 Å². The summed E-state index contributed by atoms with van der Waals surface area (Å²) in [7, 11) is 1.45. The number of benzene rings is 1. The molecule has 2 aromatic rings. The van der Waals surface area contributed by atoms with Crippen LogP contribution in [0.3, 0.4) is 0 Å². The molecule has 0 aliphatic heterocycles. The summed E-state index contributed by atoms with van der Waals surface area (Å²) in [6, 6.07) is 5.57. The number of hydrogen-bond acceptors (Lipinski definition) is 4. The van der Waals surface area contributed by atoms with Crippen molar-refractivity contribution in [3.8, 4) is 5.75 Å². The van der Waals surface area contributed by atoms with Crippen molar-refractivity contribution in [3.63, 3.8) is 0 Å². The molecule has 0 saturated heterocycles. The van der Waals surface area contributed by atoms with Crippen molar-refractivity contribution in [2.45, 2.75) is 12.5 Å². The monoisotopic (exact) mass is 289 g/mol.